The third-order valence-electron chi connectivity index (χ3n) is 13.9. The van der Waals surface area contributed by atoms with Crippen LogP contribution in [0.4, 0.5) is 0 Å². The van der Waals surface area contributed by atoms with Gasteiger partial charge in [0.25, 0.3) is 5.91 Å². The smallest absolute Gasteiger partial charge is 0.336 e. The van der Waals surface area contributed by atoms with Gasteiger partial charge in [-0.05, 0) is 122 Å². The molecule has 1 saturated carbocycles. The number of aryl methyl sites for hydroxylation is 1. The van der Waals surface area contributed by atoms with Gasteiger partial charge in [0.05, 0.1) is 40.8 Å². The second-order valence-electron chi connectivity index (χ2n) is 20.7. The zero-order chi connectivity index (χ0) is 48.4. The Hall–Kier alpha value is -4.82. The number of carbonyl (C=O) groups is 2. The first-order valence-electron chi connectivity index (χ1n) is 24.2. The quantitative estimate of drug-likeness (QED) is 0.0718. The van der Waals surface area contributed by atoms with Crippen LogP contribution in [0, 0.1) is 24.7 Å². The number of fused-ring (bicyclic) bond motifs is 7. The maximum absolute atomic E-state index is 13.5. The fourth-order valence-electron chi connectivity index (χ4n) is 10.0. The number of hydrogen-bond donors (Lipinski definition) is 5. The molecule has 12 nitrogen and oxygen atoms in total. The number of nitrogens with one attached hydrogen (secondary N) is 2. The standard InChI is InChI=1S/C32H45N3O4S.C22H26O5/c1-21-25(15-10-16-28(21)36)30(38)33-26(20-40-24-13-6-5-7-14-24)29(37)19-35-18-23-12-9-8-11-22(23)17-27(35)31(39)34-32(2,3)4;1-6-7-13-10-15(23)26-21-16(13)20-14(8-9-22(4,5)27-20)19-17(21)18(24)11(2)12(3)25-19/h5-7,10,13-16,22-23,26-27,29,36-37H,8-9,11-12,17-20H2,1-4H3,(H,33,38)(H,34,39);8-12,18,24H,6-7H2,1-5H3/t22-,23+,26-,27-,29+;11-,12-,18-/m00/s1. The van der Waals surface area contributed by atoms with Crippen molar-refractivity contribution >= 4 is 40.6 Å². The van der Waals surface area contributed by atoms with Crippen molar-refractivity contribution < 1.29 is 38.8 Å². The Balaban J connectivity index is 0.000000214. The molecule has 8 rings (SSSR count). The minimum atomic E-state index is -0.886. The highest BCUT2D eigenvalue weighted by atomic mass is 32.2. The maximum Gasteiger partial charge on any atom is 0.336 e. The average molecular weight is 938 g/mol. The van der Waals surface area contributed by atoms with Crippen molar-refractivity contribution in [2.24, 2.45) is 17.8 Å². The molecule has 1 aliphatic carbocycles. The van der Waals surface area contributed by atoms with Crippen LogP contribution in [0.1, 0.15) is 133 Å². The lowest BCUT2D eigenvalue weighted by Crippen LogP contribution is -2.60. The number of rotatable bonds is 11. The molecule has 8 atom stereocenters. The summed E-state index contributed by atoms with van der Waals surface area (Å²) in [5.41, 5.74) is 2.27. The van der Waals surface area contributed by atoms with E-state index < -0.39 is 29.5 Å². The Kier molecular flexibility index (Phi) is 15.6. The molecule has 2 amide bonds. The highest BCUT2D eigenvalue weighted by Crippen LogP contribution is 2.52. The third kappa shape index (κ3) is 11.6. The van der Waals surface area contributed by atoms with Crippen LogP contribution in [0.25, 0.3) is 17.0 Å². The second kappa shape index (κ2) is 20.8. The molecular weight excluding hydrogens is 867 g/mol. The summed E-state index contributed by atoms with van der Waals surface area (Å²) in [5, 5.41) is 39.8. The number of carbonyl (C=O) groups excluding carboxylic acids is 2. The number of phenols is 1. The van der Waals surface area contributed by atoms with Gasteiger partial charge in [-0.3, -0.25) is 14.5 Å². The molecular formula is C54H71N3O9S. The third-order valence-corrected chi connectivity index (χ3v) is 15.0. The van der Waals surface area contributed by atoms with Crippen LogP contribution in [-0.2, 0) is 11.2 Å². The van der Waals surface area contributed by atoms with Gasteiger partial charge in [0.2, 0.25) is 5.91 Å². The number of hydrogen-bond acceptors (Lipinski definition) is 11. The van der Waals surface area contributed by atoms with Crippen LogP contribution in [0.15, 0.2) is 74.8 Å². The molecule has 67 heavy (non-hydrogen) atoms. The number of ether oxygens (including phenoxy) is 2. The number of piperidine rings is 1. The lowest BCUT2D eigenvalue weighted by molar-refractivity contribution is -0.132. The number of likely N-dealkylation sites (tertiary alicyclic amines) is 1. The Morgan fingerprint density at radius 1 is 1.01 bits per heavy atom. The molecule has 3 aliphatic heterocycles. The molecule has 0 bridgehead atoms. The summed E-state index contributed by atoms with van der Waals surface area (Å²) in [4.78, 5) is 42.3. The molecule has 0 unspecified atom stereocenters. The van der Waals surface area contributed by atoms with Crippen molar-refractivity contribution in [3.8, 4) is 17.2 Å². The molecule has 2 fully saturated rings. The first kappa shape index (κ1) is 50.1. The molecule has 0 spiro atoms. The van der Waals surface area contributed by atoms with E-state index in [0.717, 1.165) is 60.1 Å². The number of benzene rings is 3. The first-order valence-corrected chi connectivity index (χ1v) is 25.1. The summed E-state index contributed by atoms with van der Waals surface area (Å²) in [6.45, 7) is 18.7. The van der Waals surface area contributed by atoms with Crippen molar-refractivity contribution in [2.45, 2.75) is 154 Å². The number of β-amino-alcohol motifs (C(OH)–C–C–N with tert-alkyl or cyclic N) is 1. The summed E-state index contributed by atoms with van der Waals surface area (Å²) in [6, 6.07) is 15.5. The fraction of sp³-hybridized carbons (Fsp3) is 0.537. The van der Waals surface area contributed by atoms with E-state index in [-0.39, 0.29) is 41.2 Å². The zero-order valence-corrected chi connectivity index (χ0v) is 41.5. The Morgan fingerprint density at radius 3 is 2.43 bits per heavy atom. The Morgan fingerprint density at radius 2 is 1.73 bits per heavy atom. The molecule has 0 radical (unpaired) electrons. The minimum absolute atomic E-state index is 0.0124. The number of nitrogens with zero attached hydrogens (tertiary/aromatic N) is 1. The van der Waals surface area contributed by atoms with Crippen molar-refractivity contribution in [3.05, 3.63) is 98.9 Å². The largest absolute Gasteiger partial charge is 0.508 e. The number of phenolic OH excluding ortho intramolecular Hbond substituents is 1. The fourth-order valence-corrected chi connectivity index (χ4v) is 11.1. The predicted molar refractivity (Wildman–Crippen MR) is 265 cm³/mol. The van der Waals surface area contributed by atoms with Crippen molar-refractivity contribution in [2.75, 3.05) is 18.8 Å². The van der Waals surface area contributed by atoms with Crippen molar-refractivity contribution in [1.82, 2.24) is 15.5 Å². The molecule has 4 aromatic rings. The summed E-state index contributed by atoms with van der Waals surface area (Å²) in [6.07, 6.45) is 9.32. The minimum Gasteiger partial charge on any atom is -0.508 e. The summed E-state index contributed by atoms with van der Waals surface area (Å²) < 4.78 is 18.1. The van der Waals surface area contributed by atoms with Crippen molar-refractivity contribution in [3.63, 3.8) is 0 Å². The van der Waals surface area contributed by atoms with Crippen LogP contribution in [0.3, 0.4) is 0 Å². The summed E-state index contributed by atoms with van der Waals surface area (Å²) in [7, 11) is 0. The highest BCUT2D eigenvalue weighted by Gasteiger charge is 2.43. The molecule has 13 heteroatoms. The van der Waals surface area contributed by atoms with E-state index in [1.807, 2.05) is 91.0 Å². The van der Waals surface area contributed by atoms with E-state index in [1.54, 1.807) is 36.9 Å². The predicted octanol–water partition coefficient (Wildman–Crippen LogP) is 9.13. The van der Waals surface area contributed by atoms with E-state index in [2.05, 4.69) is 22.5 Å². The van der Waals surface area contributed by atoms with Gasteiger partial charge in [-0.1, -0.05) is 63.8 Å². The number of aliphatic hydroxyl groups excluding tert-OH is 2. The van der Waals surface area contributed by atoms with Crippen LogP contribution in [0.2, 0.25) is 0 Å². The van der Waals surface area contributed by atoms with E-state index in [9.17, 15) is 29.7 Å². The van der Waals surface area contributed by atoms with Crippen LogP contribution in [-0.4, -0.2) is 86.3 Å². The van der Waals surface area contributed by atoms with Gasteiger partial charge < -0.3 is 39.8 Å². The average Bonchev–Trinajstić information content (AvgIpc) is 3.27. The van der Waals surface area contributed by atoms with Gasteiger partial charge >= 0.3 is 5.63 Å². The van der Waals surface area contributed by atoms with Crippen LogP contribution >= 0.6 is 11.8 Å². The van der Waals surface area contributed by atoms with Gasteiger partial charge in [-0.25, -0.2) is 4.79 Å². The first-order chi connectivity index (χ1) is 31.7. The molecule has 1 saturated heterocycles. The summed E-state index contributed by atoms with van der Waals surface area (Å²) in [5.74, 6) is 2.37. The van der Waals surface area contributed by atoms with Gasteiger partial charge in [-0.2, -0.15) is 0 Å². The normalized spacial score (nSPS) is 24.0. The second-order valence-corrected chi connectivity index (χ2v) is 21.8. The van der Waals surface area contributed by atoms with E-state index in [4.69, 9.17) is 13.9 Å². The lowest BCUT2D eigenvalue weighted by Gasteiger charge is -2.47. The maximum atomic E-state index is 13.5. The molecule has 4 aliphatic rings. The Bertz CT molecular complexity index is 2500. The van der Waals surface area contributed by atoms with Gasteiger partial charge in [-0.15, -0.1) is 11.8 Å². The SMILES string of the molecule is CCCc1cc(=O)oc2c3c(c4c(c12)OC(C)(C)C=C4)O[C@@H](C)[C@H](C)[C@@H]3O.Cc1c(O)cccc1C(=O)N[C@@H](CSc1ccccc1)[C@H](O)CN1C[C@H]2CCCC[C@H]2C[C@H]1C(=O)NC(C)(C)C. The van der Waals surface area contributed by atoms with Gasteiger partial charge in [0.15, 0.2) is 5.58 Å². The topological polar surface area (TPSA) is 171 Å². The zero-order valence-electron chi connectivity index (χ0n) is 40.7. The summed E-state index contributed by atoms with van der Waals surface area (Å²) >= 11 is 1.57. The Labute approximate surface area is 399 Å². The molecule has 3 aromatic carbocycles. The number of amides is 2. The van der Waals surface area contributed by atoms with Crippen LogP contribution in [0.5, 0.6) is 17.2 Å². The molecule has 4 heterocycles. The molecule has 5 N–H and O–H groups in total. The number of aromatic hydroxyl groups is 1. The highest BCUT2D eigenvalue weighted by molar-refractivity contribution is 7.99. The number of aliphatic hydroxyl groups is 2. The molecule has 1 aromatic heterocycles. The molecule has 362 valence electrons. The van der Waals surface area contributed by atoms with E-state index in [0.29, 0.717) is 57.9 Å². The van der Waals surface area contributed by atoms with Gasteiger partial charge in [0, 0.05) is 52.4 Å². The van der Waals surface area contributed by atoms with Crippen LogP contribution < -0.4 is 25.7 Å². The van der Waals surface area contributed by atoms with E-state index in [1.165, 1.54) is 18.9 Å². The lowest BCUT2D eigenvalue weighted by atomic mass is 9.72. The monoisotopic (exact) mass is 937 g/mol. The van der Waals surface area contributed by atoms with Gasteiger partial charge in [0.1, 0.15) is 29.0 Å². The number of thioether (sulfide) groups is 1. The van der Waals surface area contributed by atoms with E-state index >= 15 is 0 Å². The van der Waals surface area contributed by atoms with Crippen molar-refractivity contribution in [1.29, 1.82) is 0 Å².